The minimum atomic E-state index is -0.235. The van der Waals surface area contributed by atoms with Crippen LogP contribution in [0.3, 0.4) is 0 Å². The predicted octanol–water partition coefficient (Wildman–Crippen LogP) is 4.71. The third kappa shape index (κ3) is 4.65. The number of hydrogen-bond acceptors (Lipinski definition) is 4. The van der Waals surface area contributed by atoms with E-state index in [0.29, 0.717) is 18.7 Å². The van der Waals surface area contributed by atoms with Gasteiger partial charge >= 0.3 is 0 Å². The van der Waals surface area contributed by atoms with Gasteiger partial charge in [0.2, 0.25) is 5.91 Å². The highest BCUT2D eigenvalue weighted by Gasteiger charge is 2.30. The van der Waals surface area contributed by atoms with Crippen LogP contribution in [0.1, 0.15) is 28.8 Å². The summed E-state index contributed by atoms with van der Waals surface area (Å²) >= 11 is 0. The Labute approximate surface area is 195 Å². The van der Waals surface area contributed by atoms with Crippen molar-refractivity contribution in [2.45, 2.75) is 19.8 Å². The normalized spacial score (nSPS) is 15.9. The van der Waals surface area contributed by atoms with E-state index in [2.05, 4.69) is 10.2 Å². The maximum absolute atomic E-state index is 13.4. The fourth-order valence-electron chi connectivity index (χ4n) is 4.66. The molecule has 0 radical (unpaired) electrons. The summed E-state index contributed by atoms with van der Waals surface area (Å²) in [4.78, 5) is 30.3. The van der Waals surface area contributed by atoms with Gasteiger partial charge < -0.3 is 19.9 Å². The summed E-state index contributed by atoms with van der Waals surface area (Å²) < 4.78 is 5.46. The Kier molecular flexibility index (Phi) is 6.54. The Morgan fingerprint density at radius 3 is 2.52 bits per heavy atom. The monoisotopic (exact) mass is 445 g/mol. The number of ether oxygens (including phenoxy) is 1. The third-order valence-electron chi connectivity index (χ3n) is 6.36. The Balaban J connectivity index is 1.50. The molecule has 172 valence electrons. The summed E-state index contributed by atoms with van der Waals surface area (Å²) in [5, 5.41) is 4.83. The number of nitrogens with one attached hydrogen (secondary N) is 1. The van der Waals surface area contributed by atoms with Crippen molar-refractivity contribution in [2.24, 2.45) is 5.92 Å². The number of hydrogen-bond donors (Lipinski definition) is 1. The zero-order valence-electron chi connectivity index (χ0n) is 19.7. The topological polar surface area (TPSA) is 61.9 Å². The predicted molar refractivity (Wildman–Crippen MR) is 133 cm³/mol. The summed E-state index contributed by atoms with van der Waals surface area (Å²) in [6.45, 7) is 3.10. The summed E-state index contributed by atoms with van der Waals surface area (Å²) in [5.74, 6) is 0.427. The van der Waals surface area contributed by atoms with Crippen molar-refractivity contribution in [3.05, 3.63) is 65.7 Å². The lowest BCUT2D eigenvalue weighted by molar-refractivity contribution is -0.121. The van der Waals surface area contributed by atoms with Crippen LogP contribution >= 0.6 is 0 Å². The molecule has 1 aliphatic heterocycles. The molecule has 1 heterocycles. The van der Waals surface area contributed by atoms with E-state index in [-0.39, 0.29) is 17.7 Å². The number of fused-ring (bicyclic) bond motifs is 1. The number of piperidine rings is 1. The van der Waals surface area contributed by atoms with Crippen LogP contribution in [0.5, 0.6) is 5.75 Å². The van der Waals surface area contributed by atoms with Gasteiger partial charge in [-0.15, -0.1) is 0 Å². The Morgan fingerprint density at radius 2 is 1.82 bits per heavy atom. The van der Waals surface area contributed by atoms with Crippen molar-refractivity contribution >= 4 is 34.0 Å². The van der Waals surface area contributed by atoms with Crippen molar-refractivity contribution in [1.82, 2.24) is 4.90 Å². The van der Waals surface area contributed by atoms with Crippen molar-refractivity contribution in [3.63, 3.8) is 0 Å². The maximum Gasteiger partial charge on any atom is 0.254 e. The number of amides is 2. The van der Waals surface area contributed by atoms with Gasteiger partial charge in [-0.1, -0.05) is 24.3 Å². The van der Waals surface area contributed by atoms with Crippen molar-refractivity contribution < 1.29 is 14.3 Å². The second-order valence-corrected chi connectivity index (χ2v) is 8.84. The highest BCUT2D eigenvalue weighted by atomic mass is 16.5. The molecule has 1 atom stereocenters. The van der Waals surface area contributed by atoms with Crippen LogP contribution < -0.4 is 15.0 Å². The Bertz CT molecular complexity index is 1190. The van der Waals surface area contributed by atoms with E-state index < -0.39 is 0 Å². The summed E-state index contributed by atoms with van der Waals surface area (Å²) in [7, 11) is 5.63. The van der Waals surface area contributed by atoms with E-state index >= 15 is 0 Å². The molecule has 3 aromatic rings. The lowest BCUT2D eigenvalue weighted by Crippen LogP contribution is -2.43. The quantitative estimate of drug-likeness (QED) is 0.618. The molecule has 0 bridgehead atoms. The van der Waals surface area contributed by atoms with Crippen LogP contribution in [0.4, 0.5) is 11.4 Å². The van der Waals surface area contributed by atoms with Gasteiger partial charge in [-0.2, -0.15) is 0 Å². The highest BCUT2D eigenvalue weighted by molar-refractivity contribution is 6.08. The van der Waals surface area contributed by atoms with Crippen LogP contribution in [0.2, 0.25) is 0 Å². The molecule has 1 saturated heterocycles. The lowest BCUT2D eigenvalue weighted by Gasteiger charge is -2.32. The molecule has 1 fully saturated rings. The van der Waals surface area contributed by atoms with Gasteiger partial charge in [0.25, 0.3) is 5.91 Å². The molecule has 2 amide bonds. The molecule has 1 unspecified atom stereocenters. The molecule has 6 heteroatoms. The number of carbonyl (C=O) groups excluding carboxylic acids is 2. The molecule has 0 aromatic heterocycles. The van der Waals surface area contributed by atoms with Gasteiger partial charge in [0.15, 0.2) is 0 Å². The fourth-order valence-corrected chi connectivity index (χ4v) is 4.66. The number of methoxy groups -OCH3 is 1. The van der Waals surface area contributed by atoms with Gasteiger partial charge in [0, 0.05) is 49.5 Å². The van der Waals surface area contributed by atoms with Crippen LogP contribution in [0.15, 0.2) is 54.6 Å². The number of carbonyl (C=O) groups is 2. The zero-order valence-corrected chi connectivity index (χ0v) is 19.7. The van der Waals surface area contributed by atoms with Gasteiger partial charge in [0.1, 0.15) is 5.75 Å². The smallest absolute Gasteiger partial charge is 0.254 e. The SMILES string of the molecule is COc1ccc(C(=O)N2CCCC(C(=O)Nc3ccc(N(C)C)c(C)c3)C2)c2ccccc12. The number of nitrogens with zero attached hydrogens (tertiary/aromatic N) is 2. The van der Waals surface area contributed by atoms with E-state index in [1.807, 2.05) is 80.5 Å². The van der Waals surface area contributed by atoms with Crippen LogP contribution in [-0.2, 0) is 4.79 Å². The molecule has 0 aliphatic carbocycles. The lowest BCUT2D eigenvalue weighted by atomic mass is 9.95. The van der Waals surface area contributed by atoms with Crippen LogP contribution in [0, 0.1) is 12.8 Å². The number of likely N-dealkylation sites (tertiary alicyclic amines) is 1. The molecular formula is C27H31N3O3. The second kappa shape index (κ2) is 9.53. The first kappa shape index (κ1) is 22.6. The van der Waals surface area contributed by atoms with Crippen molar-refractivity contribution in [1.29, 1.82) is 0 Å². The molecule has 1 N–H and O–H groups in total. The maximum atomic E-state index is 13.4. The van der Waals surface area contributed by atoms with Gasteiger partial charge in [-0.25, -0.2) is 0 Å². The van der Waals surface area contributed by atoms with Gasteiger partial charge in [-0.05, 0) is 61.0 Å². The summed E-state index contributed by atoms with van der Waals surface area (Å²) in [6, 6.07) is 17.3. The molecule has 33 heavy (non-hydrogen) atoms. The fraction of sp³-hybridized carbons (Fsp3) is 0.333. The van der Waals surface area contributed by atoms with Crippen LogP contribution in [0.25, 0.3) is 10.8 Å². The first-order valence-corrected chi connectivity index (χ1v) is 11.3. The number of rotatable bonds is 5. The standard InChI is InChI=1S/C27H31N3O3/c1-18-16-20(11-13-24(18)29(2)3)28-26(31)19-8-7-15-30(17-19)27(32)23-12-14-25(33-4)22-10-6-5-9-21(22)23/h5-6,9-14,16,19H,7-8,15,17H2,1-4H3,(H,28,31). The molecule has 1 aliphatic rings. The molecule has 0 spiro atoms. The number of benzene rings is 3. The van der Waals surface area contributed by atoms with E-state index in [9.17, 15) is 9.59 Å². The summed E-state index contributed by atoms with van der Waals surface area (Å²) in [5.41, 5.74) is 3.65. The largest absolute Gasteiger partial charge is 0.496 e. The minimum absolute atomic E-state index is 0.0379. The van der Waals surface area contributed by atoms with Gasteiger partial charge in [-0.3, -0.25) is 9.59 Å². The second-order valence-electron chi connectivity index (χ2n) is 8.84. The first-order valence-electron chi connectivity index (χ1n) is 11.3. The Morgan fingerprint density at radius 1 is 1.06 bits per heavy atom. The average Bonchev–Trinajstić information content (AvgIpc) is 2.82. The average molecular weight is 446 g/mol. The first-order chi connectivity index (χ1) is 15.9. The number of anilines is 2. The van der Waals surface area contributed by atoms with Crippen LogP contribution in [-0.4, -0.2) is 51.0 Å². The third-order valence-corrected chi connectivity index (χ3v) is 6.36. The van der Waals surface area contributed by atoms with E-state index in [0.717, 1.165) is 46.3 Å². The minimum Gasteiger partial charge on any atom is -0.496 e. The summed E-state index contributed by atoms with van der Waals surface area (Å²) in [6.07, 6.45) is 1.57. The highest BCUT2D eigenvalue weighted by Crippen LogP contribution is 2.30. The van der Waals surface area contributed by atoms with E-state index in [4.69, 9.17) is 4.74 Å². The van der Waals surface area contributed by atoms with E-state index in [1.165, 1.54) is 0 Å². The number of aryl methyl sites for hydroxylation is 1. The van der Waals surface area contributed by atoms with Crippen molar-refractivity contribution in [2.75, 3.05) is 44.5 Å². The Hall–Kier alpha value is -3.54. The molecular weight excluding hydrogens is 414 g/mol. The zero-order chi connectivity index (χ0) is 23.5. The molecule has 3 aromatic carbocycles. The van der Waals surface area contributed by atoms with E-state index in [1.54, 1.807) is 7.11 Å². The molecule has 4 rings (SSSR count). The molecule has 0 saturated carbocycles. The van der Waals surface area contributed by atoms with Crippen molar-refractivity contribution in [3.8, 4) is 5.75 Å². The molecule has 6 nitrogen and oxygen atoms in total. The van der Waals surface area contributed by atoms with Gasteiger partial charge in [0.05, 0.1) is 13.0 Å².